The fourth-order valence-electron chi connectivity index (χ4n) is 2.01. The topological polar surface area (TPSA) is 57.7 Å². The Balaban J connectivity index is 2.09. The van der Waals surface area contributed by atoms with Crippen LogP contribution >= 0.6 is 11.6 Å². The fraction of sp³-hybridized carbons (Fsp3) is 0.500. The first-order valence-corrected chi connectivity index (χ1v) is 5.73. The van der Waals surface area contributed by atoms with E-state index in [4.69, 9.17) is 11.6 Å². The first-order chi connectivity index (χ1) is 7.75. The molecule has 84 valence electrons. The normalized spacial score (nSPS) is 16.4. The second kappa shape index (κ2) is 3.59. The van der Waals surface area contributed by atoms with E-state index in [0.29, 0.717) is 11.7 Å². The molecule has 0 bridgehead atoms. The first-order valence-electron chi connectivity index (χ1n) is 5.35. The standard InChI is InChI=1S/C10H12ClN5/c1-16(6-3-2-4-6)9-7-5-12-15-8(7)13-10(11)14-9/h5-6H,2-4H2,1H3,(H,12,13,14,15). The van der Waals surface area contributed by atoms with Crippen molar-refractivity contribution in [3.8, 4) is 0 Å². The monoisotopic (exact) mass is 237 g/mol. The lowest BCUT2D eigenvalue weighted by Crippen LogP contribution is -2.37. The third kappa shape index (κ3) is 1.43. The van der Waals surface area contributed by atoms with Gasteiger partial charge in [-0.05, 0) is 30.9 Å². The van der Waals surface area contributed by atoms with Gasteiger partial charge in [0.25, 0.3) is 0 Å². The number of fused-ring (bicyclic) bond motifs is 1. The lowest BCUT2D eigenvalue weighted by Gasteiger charge is -2.35. The number of nitrogens with zero attached hydrogens (tertiary/aromatic N) is 4. The minimum Gasteiger partial charge on any atom is -0.356 e. The van der Waals surface area contributed by atoms with Crippen LogP contribution in [0.5, 0.6) is 0 Å². The molecule has 0 aliphatic heterocycles. The van der Waals surface area contributed by atoms with E-state index in [-0.39, 0.29) is 5.28 Å². The van der Waals surface area contributed by atoms with Crippen LogP contribution in [0.4, 0.5) is 5.82 Å². The van der Waals surface area contributed by atoms with E-state index in [1.165, 1.54) is 19.3 Å². The number of H-pyrrole nitrogens is 1. The molecule has 1 fully saturated rings. The van der Waals surface area contributed by atoms with Crippen molar-refractivity contribution in [2.75, 3.05) is 11.9 Å². The van der Waals surface area contributed by atoms with E-state index in [2.05, 4.69) is 32.1 Å². The number of halogens is 1. The zero-order valence-electron chi connectivity index (χ0n) is 8.94. The Morgan fingerprint density at radius 3 is 2.94 bits per heavy atom. The molecule has 1 aliphatic rings. The summed E-state index contributed by atoms with van der Waals surface area (Å²) >= 11 is 5.89. The van der Waals surface area contributed by atoms with E-state index < -0.39 is 0 Å². The summed E-state index contributed by atoms with van der Waals surface area (Å²) in [6.07, 6.45) is 5.48. The molecule has 0 unspecified atom stereocenters. The molecule has 3 rings (SSSR count). The maximum absolute atomic E-state index is 5.89. The third-order valence-corrected chi connectivity index (χ3v) is 3.39. The van der Waals surface area contributed by atoms with Gasteiger partial charge in [0.1, 0.15) is 5.82 Å². The molecule has 2 aromatic rings. The van der Waals surface area contributed by atoms with E-state index in [9.17, 15) is 0 Å². The van der Waals surface area contributed by atoms with Crippen LogP contribution in [-0.4, -0.2) is 33.3 Å². The lowest BCUT2D eigenvalue weighted by molar-refractivity contribution is 0.400. The highest BCUT2D eigenvalue weighted by atomic mass is 35.5. The average Bonchev–Trinajstić information content (AvgIpc) is 2.60. The van der Waals surface area contributed by atoms with E-state index in [0.717, 1.165) is 11.2 Å². The summed E-state index contributed by atoms with van der Waals surface area (Å²) in [5.41, 5.74) is 0.696. The van der Waals surface area contributed by atoms with Crippen LogP contribution in [0.2, 0.25) is 5.28 Å². The number of nitrogens with one attached hydrogen (secondary N) is 1. The molecule has 0 spiro atoms. The van der Waals surface area contributed by atoms with E-state index in [1.54, 1.807) is 6.20 Å². The summed E-state index contributed by atoms with van der Waals surface area (Å²) in [6, 6.07) is 0.573. The van der Waals surface area contributed by atoms with Gasteiger partial charge >= 0.3 is 0 Å². The van der Waals surface area contributed by atoms with Crippen LogP contribution in [0.15, 0.2) is 6.20 Å². The Kier molecular flexibility index (Phi) is 2.21. The molecule has 1 saturated carbocycles. The first kappa shape index (κ1) is 9.84. The number of aromatic nitrogens is 4. The Hall–Kier alpha value is -1.36. The van der Waals surface area contributed by atoms with E-state index >= 15 is 0 Å². The molecule has 16 heavy (non-hydrogen) atoms. The average molecular weight is 238 g/mol. The minimum atomic E-state index is 0.262. The van der Waals surface area contributed by atoms with Crippen LogP contribution in [0.3, 0.4) is 0 Å². The van der Waals surface area contributed by atoms with Gasteiger partial charge in [-0.15, -0.1) is 0 Å². The molecule has 1 N–H and O–H groups in total. The predicted molar refractivity (Wildman–Crippen MR) is 62.7 cm³/mol. The smallest absolute Gasteiger partial charge is 0.226 e. The number of hydrogen-bond donors (Lipinski definition) is 1. The third-order valence-electron chi connectivity index (χ3n) is 3.22. The molecule has 0 aromatic carbocycles. The van der Waals surface area contributed by atoms with Crippen LogP contribution < -0.4 is 4.90 Å². The highest BCUT2D eigenvalue weighted by Crippen LogP contribution is 2.31. The van der Waals surface area contributed by atoms with E-state index in [1.807, 2.05) is 0 Å². The highest BCUT2D eigenvalue weighted by Gasteiger charge is 2.25. The Morgan fingerprint density at radius 2 is 2.25 bits per heavy atom. The van der Waals surface area contributed by atoms with Gasteiger partial charge in [0, 0.05) is 13.1 Å². The zero-order chi connectivity index (χ0) is 11.1. The molecule has 0 amide bonds. The SMILES string of the molecule is CN(c1nc(Cl)nc2[nH]ncc12)C1CCC1. The molecule has 1 aliphatic carbocycles. The van der Waals surface area contributed by atoms with Gasteiger partial charge < -0.3 is 4.90 Å². The van der Waals surface area contributed by atoms with Gasteiger partial charge in [0.2, 0.25) is 5.28 Å². The molecular formula is C10H12ClN5. The summed E-state index contributed by atoms with van der Waals surface area (Å²) in [5, 5.41) is 7.99. The van der Waals surface area contributed by atoms with Crippen LogP contribution in [0, 0.1) is 0 Å². The van der Waals surface area contributed by atoms with Crippen molar-refractivity contribution in [3.63, 3.8) is 0 Å². The summed E-state index contributed by atoms with van der Waals surface area (Å²) in [4.78, 5) is 10.6. The molecule has 6 heteroatoms. The lowest BCUT2D eigenvalue weighted by atomic mass is 9.92. The van der Waals surface area contributed by atoms with Crippen molar-refractivity contribution in [1.29, 1.82) is 0 Å². The van der Waals surface area contributed by atoms with Gasteiger partial charge in [-0.25, -0.2) is 0 Å². The van der Waals surface area contributed by atoms with Gasteiger partial charge in [-0.2, -0.15) is 15.1 Å². The van der Waals surface area contributed by atoms with Crippen LogP contribution in [-0.2, 0) is 0 Å². The number of anilines is 1. The summed E-state index contributed by atoms with van der Waals surface area (Å²) in [7, 11) is 2.05. The molecule has 0 radical (unpaired) electrons. The quantitative estimate of drug-likeness (QED) is 0.812. The largest absolute Gasteiger partial charge is 0.356 e. The zero-order valence-corrected chi connectivity index (χ0v) is 9.70. The molecule has 0 saturated heterocycles. The van der Waals surface area contributed by atoms with Gasteiger partial charge in [0.15, 0.2) is 5.65 Å². The molecule has 2 aromatic heterocycles. The minimum absolute atomic E-state index is 0.262. The number of rotatable bonds is 2. The van der Waals surface area contributed by atoms with Gasteiger partial charge in [-0.1, -0.05) is 0 Å². The predicted octanol–water partition coefficient (Wildman–Crippen LogP) is 1.99. The number of aromatic amines is 1. The van der Waals surface area contributed by atoms with Crippen LogP contribution in [0.25, 0.3) is 11.0 Å². The number of hydrogen-bond acceptors (Lipinski definition) is 4. The van der Waals surface area contributed by atoms with Crippen molar-refractivity contribution < 1.29 is 0 Å². The summed E-state index contributed by atoms with van der Waals surface area (Å²) in [5.74, 6) is 0.869. The second-order valence-corrected chi connectivity index (χ2v) is 4.48. The Morgan fingerprint density at radius 1 is 1.44 bits per heavy atom. The van der Waals surface area contributed by atoms with Crippen molar-refractivity contribution in [2.45, 2.75) is 25.3 Å². The Labute approximate surface area is 97.8 Å². The van der Waals surface area contributed by atoms with Gasteiger partial charge in [-0.3, -0.25) is 5.10 Å². The summed E-state index contributed by atoms with van der Waals surface area (Å²) < 4.78 is 0. The molecule has 5 nitrogen and oxygen atoms in total. The summed E-state index contributed by atoms with van der Waals surface area (Å²) in [6.45, 7) is 0. The maximum atomic E-state index is 5.89. The maximum Gasteiger partial charge on any atom is 0.226 e. The fourth-order valence-corrected chi connectivity index (χ4v) is 2.17. The van der Waals surface area contributed by atoms with Crippen molar-refractivity contribution in [1.82, 2.24) is 20.2 Å². The Bertz CT molecular complexity index is 519. The van der Waals surface area contributed by atoms with Crippen molar-refractivity contribution in [3.05, 3.63) is 11.5 Å². The van der Waals surface area contributed by atoms with Crippen molar-refractivity contribution >= 4 is 28.5 Å². The van der Waals surface area contributed by atoms with Crippen LogP contribution in [0.1, 0.15) is 19.3 Å². The molecular weight excluding hydrogens is 226 g/mol. The molecule has 0 atom stereocenters. The van der Waals surface area contributed by atoms with Gasteiger partial charge in [0.05, 0.1) is 11.6 Å². The highest BCUT2D eigenvalue weighted by molar-refractivity contribution is 6.28. The van der Waals surface area contributed by atoms with Crippen molar-refractivity contribution in [2.24, 2.45) is 0 Å². The molecule has 2 heterocycles. The second-order valence-electron chi connectivity index (χ2n) is 4.14.